The molecule has 78 valence electrons. The molecule has 1 atom stereocenters. The zero-order valence-electron chi connectivity index (χ0n) is 8.87. The second-order valence-corrected chi connectivity index (χ2v) is 3.51. The van der Waals surface area contributed by atoms with Crippen LogP contribution >= 0.6 is 0 Å². The summed E-state index contributed by atoms with van der Waals surface area (Å²) in [5, 5.41) is 3.36. The second kappa shape index (κ2) is 6.57. The van der Waals surface area contributed by atoms with Crippen LogP contribution in [0.3, 0.4) is 0 Å². The summed E-state index contributed by atoms with van der Waals surface area (Å²) in [5.41, 5.74) is 6.85. The van der Waals surface area contributed by atoms with E-state index in [2.05, 4.69) is 42.6 Å². The SMILES string of the molecule is CCC(CNCCN)c1ccccc1. The van der Waals surface area contributed by atoms with E-state index in [1.807, 2.05) is 0 Å². The van der Waals surface area contributed by atoms with Crippen molar-refractivity contribution in [1.29, 1.82) is 0 Å². The van der Waals surface area contributed by atoms with Gasteiger partial charge in [0.25, 0.3) is 0 Å². The molecular formula is C12H20N2. The van der Waals surface area contributed by atoms with Gasteiger partial charge < -0.3 is 11.1 Å². The minimum Gasteiger partial charge on any atom is -0.329 e. The Morgan fingerprint density at radius 3 is 2.57 bits per heavy atom. The van der Waals surface area contributed by atoms with Crippen LogP contribution in [0.1, 0.15) is 24.8 Å². The molecule has 0 bridgehead atoms. The number of nitrogens with one attached hydrogen (secondary N) is 1. The van der Waals surface area contributed by atoms with Gasteiger partial charge in [0.15, 0.2) is 0 Å². The summed E-state index contributed by atoms with van der Waals surface area (Å²) in [4.78, 5) is 0. The summed E-state index contributed by atoms with van der Waals surface area (Å²) in [7, 11) is 0. The second-order valence-electron chi connectivity index (χ2n) is 3.51. The highest BCUT2D eigenvalue weighted by Gasteiger charge is 2.07. The first-order chi connectivity index (χ1) is 6.88. The Labute approximate surface area is 86.5 Å². The van der Waals surface area contributed by atoms with Gasteiger partial charge in [-0.15, -0.1) is 0 Å². The van der Waals surface area contributed by atoms with Gasteiger partial charge in [-0.3, -0.25) is 0 Å². The molecule has 2 heteroatoms. The van der Waals surface area contributed by atoms with Gasteiger partial charge in [0.2, 0.25) is 0 Å². The average molecular weight is 192 g/mol. The third-order valence-corrected chi connectivity index (χ3v) is 2.48. The maximum Gasteiger partial charge on any atom is 0.00747 e. The van der Waals surface area contributed by atoms with E-state index >= 15 is 0 Å². The molecular weight excluding hydrogens is 172 g/mol. The zero-order valence-corrected chi connectivity index (χ0v) is 8.87. The molecule has 1 aromatic carbocycles. The summed E-state index contributed by atoms with van der Waals surface area (Å²) in [6.07, 6.45) is 1.17. The lowest BCUT2D eigenvalue weighted by Crippen LogP contribution is -2.26. The molecule has 2 nitrogen and oxygen atoms in total. The summed E-state index contributed by atoms with van der Waals surface area (Å²) < 4.78 is 0. The first kappa shape index (κ1) is 11.2. The number of nitrogens with two attached hydrogens (primary N) is 1. The quantitative estimate of drug-likeness (QED) is 0.674. The van der Waals surface area contributed by atoms with E-state index in [4.69, 9.17) is 5.73 Å². The molecule has 14 heavy (non-hydrogen) atoms. The average Bonchev–Trinajstić information content (AvgIpc) is 2.26. The lowest BCUT2D eigenvalue weighted by atomic mass is 9.96. The van der Waals surface area contributed by atoms with Crippen molar-refractivity contribution in [3.8, 4) is 0 Å². The van der Waals surface area contributed by atoms with Crippen LogP contribution in [0.4, 0.5) is 0 Å². The smallest absolute Gasteiger partial charge is 0.00747 e. The Bertz CT molecular complexity index is 233. The number of hydrogen-bond acceptors (Lipinski definition) is 2. The van der Waals surface area contributed by atoms with E-state index < -0.39 is 0 Å². The van der Waals surface area contributed by atoms with E-state index in [0.29, 0.717) is 12.5 Å². The standard InChI is InChI=1S/C12H20N2/c1-2-11(10-14-9-8-13)12-6-4-3-5-7-12/h3-7,11,14H,2,8-10,13H2,1H3. The molecule has 1 rings (SSSR count). The van der Waals surface area contributed by atoms with Crippen molar-refractivity contribution in [2.75, 3.05) is 19.6 Å². The molecule has 0 aromatic heterocycles. The van der Waals surface area contributed by atoms with Crippen LogP contribution in [0.25, 0.3) is 0 Å². The Hall–Kier alpha value is -0.860. The van der Waals surface area contributed by atoms with Crippen molar-refractivity contribution in [2.24, 2.45) is 5.73 Å². The first-order valence-corrected chi connectivity index (χ1v) is 5.34. The molecule has 0 aliphatic rings. The first-order valence-electron chi connectivity index (χ1n) is 5.34. The third-order valence-electron chi connectivity index (χ3n) is 2.48. The van der Waals surface area contributed by atoms with Gasteiger partial charge in [0.05, 0.1) is 0 Å². The predicted molar refractivity (Wildman–Crippen MR) is 61.4 cm³/mol. The van der Waals surface area contributed by atoms with Crippen molar-refractivity contribution in [1.82, 2.24) is 5.32 Å². The van der Waals surface area contributed by atoms with Gasteiger partial charge in [-0.1, -0.05) is 37.3 Å². The number of rotatable bonds is 6. The van der Waals surface area contributed by atoms with Crippen molar-refractivity contribution in [3.63, 3.8) is 0 Å². The molecule has 1 aromatic rings. The minimum atomic E-state index is 0.614. The fourth-order valence-corrected chi connectivity index (χ4v) is 1.60. The molecule has 0 saturated heterocycles. The van der Waals surface area contributed by atoms with Crippen LogP contribution in [-0.4, -0.2) is 19.6 Å². The van der Waals surface area contributed by atoms with Crippen LogP contribution in [-0.2, 0) is 0 Å². The molecule has 0 fully saturated rings. The Kier molecular flexibility index (Phi) is 5.27. The molecule has 0 saturated carbocycles. The van der Waals surface area contributed by atoms with Gasteiger partial charge >= 0.3 is 0 Å². The lowest BCUT2D eigenvalue weighted by Gasteiger charge is -2.15. The maximum atomic E-state index is 5.43. The Balaban J connectivity index is 2.46. The van der Waals surface area contributed by atoms with Crippen LogP contribution in [0.2, 0.25) is 0 Å². The van der Waals surface area contributed by atoms with E-state index in [-0.39, 0.29) is 0 Å². The van der Waals surface area contributed by atoms with Crippen molar-refractivity contribution in [3.05, 3.63) is 35.9 Å². The lowest BCUT2D eigenvalue weighted by molar-refractivity contribution is 0.574. The van der Waals surface area contributed by atoms with Crippen LogP contribution in [0.5, 0.6) is 0 Å². The largest absolute Gasteiger partial charge is 0.329 e. The molecule has 0 aliphatic heterocycles. The fraction of sp³-hybridized carbons (Fsp3) is 0.500. The highest BCUT2D eigenvalue weighted by Crippen LogP contribution is 2.17. The van der Waals surface area contributed by atoms with Gasteiger partial charge in [-0.25, -0.2) is 0 Å². The van der Waals surface area contributed by atoms with Gasteiger partial charge in [-0.2, -0.15) is 0 Å². The minimum absolute atomic E-state index is 0.614. The molecule has 0 aliphatic carbocycles. The zero-order chi connectivity index (χ0) is 10.2. The van der Waals surface area contributed by atoms with E-state index in [0.717, 1.165) is 13.1 Å². The van der Waals surface area contributed by atoms with E-state index in [1.54, 1.807) is 0 Å². The molecule has 0 spiro atoms. The highest BCUT2D eigenvalue weighted by molar-refractivity contribution is 5.19. The topological polar surface area (TPSA) is 38.0 Å². The molecule has 0 radical (unpaired) electrons. The summed E-state index contributed by atoms with van der Waals surface area (Å²) in [6, 6.07) is 10.6. The monoisotopic (exact) mass is 192 g/mol. The summed E-state index contributed by atoms with van der Waals surface area (Å²) >= 11 is 0. The maximum absolute atomic E-state index is 5.43. The van der Waals surface area contributed by atoms with Crippen molar-refractivity contribution in [2.45, 2.75) is 19.3 Å². The number of benzene rings is 1. The summed E-state index contributed by atoms with van der Waals surface area (Å²) in [5.74, 6) is 0.614. The molecule has 0 heterocycles. The van der Waals surface area contributed by atoms with Crippen LogP contribution in [0.15, 0.2) is 30.3 Å². The Morgan fingerprint density at radius 1 is 1.29 bits per heavy atom. The third kappa shape index (κ3) is 3.48. The predicted octanol–water partition coefficient (Wildman–Crippen LogP) is 1.73. The normalized spacial score (nSPS) is 12.7. The van der Waals surface area contributed by atoms with Gasteiger partial charge in [0.1, 0.15) is 0 Å². The van der Waals surface area contributed by atoms with Crippen molar-refractivity contribution < 1.29 is 0 Å². The summed E-state index contributed by atoms with van der Waals surface area (Å²) in [6.45, 7) is 4.87. The molecule has 3 N–H and O–H groups in total. The van der Waals surface area contributed by atoms with Crippen molar-refractivity contribution >= 4 is 0 Å². The highest BCUT2D eigenvalue weighted by atomic mass is 14.9. The van der Waals surface area contributed by atoms with Crippen LogP contribution in [0, 0.1) is 0 Å². The van der Waals surface area contributed by atoms with E-state index in [1.165, 1.54) is 12.0 Å². The van der Waals surface area contributed by atoms with Gasteiger partial charge in [-0.05, 0) is 17.9 Å². The fourth-order valence-electron chi connectivity index (χ4n) is 1.60. The molecule has 1 unspecified atom stereocenters. The number of hydrogen-bond donors (Lipinski definition) is 2. The Morgan fingerprint density at radius 2 is 2.00 bits per heavy atom. The molecule has 0 amide bonds. The van der Waals surface area contributed by atoms with Gasteiger partial charge in [0, 0.05) is 19.6 Å². The van der Waals surface area contributed by atoms with E-state index in [9.17, 15) is 0 Å². The van der Waals surface area contributed by atoms with Crippen LogP contribution < -0.4 is 11.1 Å².